The molecule has 1 saturated heterocycles. The predicted octanol–water partition coefficient (Wildman–Crippen LogP) is -0.0647. The summed E-state index contributed by atoms with van der Waals surface area (Å²) in [5.41, 5.74) is -1.36. The molecule has 0 bridgehead atoms. The Morgan fingerprint density at radius 2 is 2.17 bits per heavy atom. The lowest BCUT2D eigenvalue weighted by Crippen LogP contribution is -2.47. The van der Waals surface area contributed by atoms with Crippen molar-refractivity contribution >= 4 is 13.8 Å². The van der Waals surface area contributed by atoms with Crippen molar-refractivity contribution in [2.24, 2.45) is 11.8 Å². The van der Waals surface area contributed by atoms with Crippen molar-refractivity contribution in [2.45, 2.75) is 25.9 Å². The third-order valence-corrected chi connectivity index (χ3v) is 2.52. The first-order chi connectivity index (χ1) is 5.55. The molecule has 3 atom stereocenters. The summed E-state index contributed by atoms with van der Waals surface area (Å²) in [5.74, 6) is -0.0139. The van der Waals surface area contributed by atoms with Crippen LogP contribution in [0.25, 0.3) is 0 Å². The van der Waals surface area contributed by atoms with Crippen molar-refractivity contribution in [3.63, 3.8) is 0 Å². The first-order valence-electron chi connectivity index (χ1n) is 4.34. The molecule has 1 aliphatic carbocycles. The van der Waals surface area contributed by atoms with Crippen LogP contribution in [0, 0.1) is 11.8 Å². The van der Waals surface area contributed by atoms with Crippen molar-refractivity contribution in [2.75, 3.05) is 7.05 Å². The van der Waals surface area contributed by atoms with Crippen LogP contribution in [0.15, 0.2) is 0 Å². The highest BCUT2D eigenvalue weighted by atomic mass is 16.3. The van der Waals surface area contributed by atoms with Gasteiger partial charge >= 0.3 is 0 Å². The summed E-state index contributed by atoms with van der Waals surface area (Å²) in [4.78, 5) is 12.3. The van der Waals surface area contributed by atoms with Crippen LogP contribution in [0.4, 0.5) is 0 Å². The molecule has 1 N–H and O–H groups in total. The smallest absolute Gasteiger partial charge is 0.227 e. The summed E-state index contributed by atoms with van der Waals surface area (Å²) < 4.78 is 0. The minimum absolute atomic E-state index is 0.00926. The Labute approximate surface area is 74.2 Å². The monoisotopic (exact) mass is 167 g/mol. The Bertz CT molecular complexity index is 205. The molecular formula is C8H14BNO2. The fourth-order valence-corrected chi connectivity index (χ4v) is 1.61. The predicted molar refractivity (Wildman–Crippen MR) is 46.4 cm³/mol. The number of hydrogen-bond acceptors (Lipinski definition) is 2. The van der Waals surface area contributed by atoms with Crippen molar-refractivity contribution in [1.82, 2.24) is 4.90 Å². The number of hydrogen-bond donors (Lipinski definition) is 1. The molecule has 0 aromatic rings. The third-order valence-electron chi connectivity index (χ3n) is 2.52. The molecule has 3 unspecified atom stereocenters. The molecule has 66 valence electrons. The van der Waals surface area contributed by atoms with Crippen LogP contribution in [-0.4, -0.2) is 36.4 Å². The van der Waals surface area contributed by atoms with Gasteiger partial charge in [-0.05, 0) is 6.42 Å². The lowest BCUT2D eigenvalue weighted by Gasteiger charge is -2.29. The van der Waals surface area contributed by atoms with Gasteiger partial charge in [0.2, 0.25) is 5.91 Å². The van der Waals surface area contributed by atoms with Gasteiger partial charge in [0.05, 0.1) is 5.62 Å². The molecule has 3 nitrogen and oxygen atoms in total. The Morgan fingerprint density at radius 1 is 1.67 bits per heavy atom. The number of fused-ring (bicyclic) bond motifs is 1. The molecule has 0 aromatic carbocycles. The van der Waals surface area contributed by atoms with E-state index in [1.807, 2.05) is 13.8 Å². The zero-order valence-corrected chi connectivity index (χ0v) is 7.74. The van der Waals surface area contributed by atoms with Crippen LogP contribution in [-0.2, 0) is 4.79 Å². The summed E-state index contributed by atoms with van der Waals surface area (Å²) in [5, 5.41) is 9.43. The number of nitrogens with zero attached hydrogens (tertiary/aromatic N) is 1. The summed E-state index contributed by atoms with van der Waals surface area (Å²) in [6.07, 6.45) is 0.760. The number of piperidine rings is 1. The minimum Gasteiger partial charge on any atom is -0.380 e. The fourth-order valence-electron chi connectivity index (χ4n) is 1.61. The average molecular weight is 167 g/mol. The van der Waals surface area contributed by atoms with Gasteiger partial charge in [-0.3, -0.25) is 4.79 Å². The second-order valence-corrected chi connectivity index (χ2v) is 3.13. The highest BCUT2D eigenvalue weighted by Crippen LogP contribution is 2.53. The first-order valence-corrected chi connectivity index (χ1v) is 4.34. The molecule has 0 spiro atoms. The molecule has 1 saturated carbocycles. The van der Waals surface area contributed by atoms with E-state index in [-0.39, 0.29) is 17.7 Å². The summed E-state index contributed by atoms with van der Waals surface area (Å²) in [6, 6.07) is 0. The molecule has 2 rings (SSSR count). The fraction of sp³-hybridized carbons (Fsp3) is 0.875. The van der Waals surface area contributed by atoms with Crippen LogP contribution in [0.3, 0.4) is 0 Å². The summed E-state index contributed by atoms with van der Waals surface area (Å²) in [6.45, 7) is 4.00. The number of amides is 1. The van der Waals surface area contributed by atoms with Gasteiger partial charge in [-0.1, -0.05) is 13.8 Å². The third kappa shape index (κ3) is 1.05. The highest BCUT2D eigenvalue weighted by Gasteiger charge is 2.62. The van der Waals surface area contributed by atoms with Gasteiger partial charge in [-0.25, -0.2) is 0 Å². The zero-order valence-electron chi connectivity index (χ0n) is 7.74. The number of likely N-dealkylation sites (tertiary alicyclic amines) is 1. The molecule has 2 fully saturated rings. The zero-order chi connectivity index (χ0) is 9.52. The molecule has 4 heteroatoms. The molecule has 2 aliphatic rings. The van der Waals surface area contributed by atoms with Crippen LogP contribution < -0.4 is 0 Å². The van der Waals surface area contributed by atoms with E-state index in [0.29, 0.717) is 0 Å². The van der Waals surface area contributed by atoms with E-state index in [9.17, 15) is 9.90 Å². The molecule has 0 aromatic heterocycles. The van der Waals surface area contributed by atoms with E-state index in [4.69, 9.17) is 7.85 Å². The second-order valence-electron chi connectivity index (χ2n) is 3.13. The molecular weight excluding hydrogens is 153 g/mol. The quantitative estimate of drug-likeness (QED) is 0.513. The van der Waals surface area contributed by atoms with Crippen LogP contribution >= 0.6 is 0 Å². The van der Waals surface area contributed by atoms with Gasteiger partial charge in [0.15, 0.2) is 0 Å². The lowest BCUT2D eigenvalue weighted by molar-refractivity contribution is -0.137. The van der Waals surface area contributed by atoms with Crippen molar-refractivity contribution in [3.05, 3.63) is 0 Å². The minimum atomic E-state index is -1.36. The van der Waals surface area contributed by atoms with E-state index < -0.39 is 5.62 Å². The Hall–Kier alpha value is -0.505. The van der Waals surface area contributed by atoms with E-state index in [2.05, 4.69) is 0 Å². The topological polar surface area (TPSA) is 40.5 Å². The van der Waals surface area contributed by atoms with Gasteiger partial charge in [-0.2, -0.15) is 0 Å². The van der Waals surface area contributed by atoms with Gasteiger partial charge in [-0.15, -0.1) is 0 Å². The molecule has 1 heterocycles. The van der Waals surface area contributed by atoms with Crippen molar-refractivity contribution < 1.29 is 9.90 Å². The maximum absolute atomic E-state index is 11.0. The Morgan fingerprint density at radius 3 is 2.33 bits per heavy atom. The SMILES string of the molecule is CC.[B]C1(O)C2CC2C(=O)N1C. The molecule has 1 amide bonds. The van der Waals surface area contributed by atoms with Gasteiger partial charge in [0, 0.05) is 18.9 Å². The Kier molecular flexibility index (Phi) is 2.21. The summed E-state index contributed by atoms with van der Waals surface area (Å²) >= 11 is 0. The number of aliphatic hydroxyl groups is 1. The van der Waals surface area contributed by atoms with E-state index in [1.54, 1.807) is 0 Å². The van der Waals surface area contributed by atoms with E-state index in [0.717, 1.165) is 6.42 Å². The number of carbonyl (C=O) groups is 1. The first kappa shape index (κ1) is 9.58. The van der Waals surface area contributed by atoms with Crippen molar-refractivity contribution in [3.8, 4) is 0 Å². The Balaban J connectivity index is 0.000000336. The van der Waals surface area contributed by atoms with Crippen LogP contribution in [0.2, 0.25) is 0 Å². The van der Waals surface area contributed by atoms with Crippen molar-refractivity contribution in [1.29, 1.82) is 0 Å². The largest absolute Gasteiger partial charge is 0.380 e. The molecule has 1 aliphatic heterocycles. The number of carbonyl (C=O) groups excluding carboxylic acids is 1. The maximum atomic E-state index is 11.0. The van der Waals surface area contributed by atoms with Crippen LogP contribution in [0.5, 0.6) is 0 Å². The van der Waals surface area contributed by atoms with E-state index >= 15 is 0 Å². The van der Waals surface area contributed by atoms with Crippen LogP contribution in [0.1, 0.15) is 20.3 Å². The maximum Gasteiger partial charge on any atom is 0.227 e. The molecule has 12 heavy (non-hydrogen) atoms. The molecule has 2 radical (unpaired) electrons. The second kappa shape index (κ2) is 2.77. The normalized spacial score (nSPS) is 43.3. The lowest BCUT2D eigenvalue weighted by atomic mass is 9.86. The number of rotatable bonds is 0. The standard InChI is InChI=1S/C6H8BNO2.C2H6/c1-8-5(9)3-2-4(3)6(8,7)10;1-2/h3-4,10H,2H2,1H3;1-2H3. The van der Waals surface area contributed by atoms with E-state index in [1.165, 1.54) is 11.9 Å². The van der Waals surface area contributed by atoms with Gasteiger partial charge < -0.3 is 10.0 Å². The average Bonchev–Trinajstić information content (AvgIpc) is 2.81. The van der Waals surface area contributed by atoms with Gasteiger partial charge in [0.25, 0.3) is 0 Å². The highest BCUT2D eigenvalue weighted by molar-refractivity contribution is 6.17. The summed E-state index contributed by atoms with van der Waals surface area (Å²) in [7, 11) is 6.99. The van der Waals surface area contributed by atoms with Gasteiger partial charge in [0.1, 0.15) is 7.85 Å².